The van der Waals surface area contributed by atoms with Crippen LogP contribution < -0.4 is 11.1 Å². The van der Waals surface area contributed by atoms with Crippen LogP contribution in [0.4, 0.5) is 0 Å². The number of hydrogen-bond donors (Lipinski definition) is 1. The molecule has 1 N–H and O–H groups in total. The maximum absolute atomic E-state index is 12.1. The van der Waals surface area contributed by atoms with E-state index in [4.69, 9.17) is 0 Å². The normalized spacial score (nSPS) is 11.7. The van der Waals surface area contributed by atoms with E-state index in [2.05, 4.69) is 18.0 Å². The van der Waals surface area contributed by atoms with Crippen molar-refractivity contribution >= 4 is 42.5 Å². The third kappa shape index (κ3) is 1.67. The van der Waals surface area contributed by atoms with Gasteiger partial charge in [-0.25, -0.2) is 0 Å². The highest BCUT2D eigenvalue weighted by molar-refractivity contribution is 7.24. The van der Waals surface area contributed by atoms with Crippen molar-refractivity contribution in [3.05, 3.63) is 56.6 Å². The first-order valence-corrected chi connectivity index (χ1v) is 7.42. The molecule has 4 aromatic rings. The zero-order valence-corrected chi connectivity index (χ0v) is 12.4. The van der Waals surface area contributed by atoms with Gasteiger partial charge in [0, 0.05) is 7.05 Å². The van der Waals surface area contributed by atoms with Crippen molar-refractivity contribution in [1.82, 2.24) is 9.55 Å². The van der Waals surface area contributed by atoms with Crippen molar-refractivity contribution in [2.24, 2.45) is 7.05 Å². The minimum atomic E-state index is -0.237. The van der Waals surface area contributed by atoms with Crippen LogP contribution in [-0.4, -0.2) is 9.55 Å². The second-order valence-corrected chi connectivity index (χ2v) is 6.37. The van der Waals surface area contributed by atoms with Crippen molar-refractivity contribution in [1.29, 1.82) is 0 Å². The van der Waals surface area contributed by atoms with Gasteiger partial charge in [-0.05, 0) is 36.8 Å². The van der Waals surface area contributed by atoms with Crippen LogP contribution in [0.5, 0.6) is 0 Å². The highest BCUT2D eigenvalue weighted by atomic mass is 32.1. The summed E-state index contributed by atoms with van der Waals surface area (Å²) < 4.78 is 3.27. The Morgan fingerprint density at radius 2 is 1.62 bits per heavy atom. The molecule has 0 bridgehead atoms. The third-order valence-electron chi connectivity index (χ3n) is 3.82. The van der Waals surface area contributed by atoms with Gasteiger partial charge in [-0.2, -0.15) is 0 Å². The molecule has 104 valence electrons. The van der Waals surface area contributed by atoms with Crippen molar-refractivity contribution < 1.29 is 0 Å². The molecule has 0 fully saturated rings. The van der Waals surface area contributed by atoms with Crippen LogP contribution in [0.1, 0.15) is 5.56 Å². The molecule has 2 heterocycles. The van der Waals surface area contributed by atoms with Gasteiger partial charge in [0.2, 0.25) is 0 Å². The number of aromatic amines is 1. The average molecular weight is 296 g/mol. The molecule has 0 saturated heterocycles. The van der Waals surface area contributed by atoms with E-state index in [0.29, 0.717) is 10.8 Å². The Morgan fingerprint density at radius 1 is 0.952 bits per heavy atom. The molecule has 2 aromatic carbocycles. The Morgan fingerprint density at radius 3 is 2.38 bits per heavy atom. The summed E-state index contributed by atoms with van der Waals surface area (Å²) in [6.45, 7) is 2.05. The zero-order chi connectivity index (χ0) is 14.7. The van der Waals surface area contributed by atoms with Gasteiger partial charge in [-0.3, -0.25) is 14.2 Å². The van der Waals surface area contributed by atoms with Crippen molar-refractivity contribution in [3.63, 3.8) is 0 Å². The molecule has 0 aliphatic heterocycles. The summed E-state index contributed by atoms with van der Waals surface area (Å²) in [4.78, 5) is 27.5. The number of aromatic nitrogens is 2. The average Bonchev–Trinajstić information content (AvgIpc) is 2.68. The molecule has 4 nitrogen and oxygen atoms in total. The van der Waals surface area contributed by atoms with Crippen LogP contribution in [0, 0.1) is 6.92 Å². The Hall–Kier alpha value is -2.40. The topological polar surface area (TPSA) is 54.9 Å². The highest BCUT2D eigenvalue weighted by Gasteiger charge is 2.12. The van der Waals surface area contributed by atoms with Gasteiger partial charge >= 0.3 is 0 Å². The predicted molar refractivity (Wildman–Crippen MR) is 87.4 cm³/mol. The summed E-state index contributed by atoms with van der Waals surface area (Å²) in [5.74, 6) is 0. The van der Waals surface area contributed by atoms with Crippen LogP contribution in [0.25, 0.3) is 31.2 Å². The van der Waals surface area contributed by atoms with E-state index in [1.165, 1.54) is 12.6 Å². The molecule has 21 heavy (non-hydrogen) atoms. The molecule has 0 aliphatic carbocycles. The Balaban J connectivity index is 2.23. The maximum Gasteiger partial charge on any atom is 0.261 e. The van der Waals surface area contributed by atoms with Gasteiger partial charge in [0.05, 0.1) is 31.2 Å². The van der Waals surface area contributed by atoms with Crippen molar-refractivity contribution in [2.75, 3.05) is 0 Å². The number of nitrogens with one attached hydrogen (secondary N) is 1. The molecular formula is C16H12N2O2S. The molecule has 5 heteroatoms. The lowest BCUT2D eigenvalue weighted by Crippen LogP contribution is -2.20. The highest BCUT2D eigenvalue weighted by Crippen LogP contribution is 2.28. The lowest BCUT2D eigenvalue weighted by atomic mass is 10.2. The SMILES string of the molecule is Cc1ccc2[nH]c3cc4c(=O)n(C)c(=O)c4cc3sc2c1. The van der Waals surface area contributed by atoms with E-state index in [9.17, 15) is 9.59 Å². The molecule has 0 spiro atoms. The molecule has 0 aliphatic rings. The molecule has 4 rings (SSSR count). The monoisotopic (exact) mass is 296 g/mol. The molecule has 0 atom stereocenters. The second-order valence-electron chi connectivity index (χ2n) is 5.29. The maximum atomic E-state index is 12.1. The first-order valence-electron chi connectivity index (χ1n) is 6.60. The summed E-state index contributed by atoms with van der Waals surface area (Å²) in [5.41, 5.74) is 2.64. The number of H-pyrrole nitrogens is 1. The Bertz CT molecular complexity index is 1150. The van der Waals surface area contributed by atoms with E-state index in [0.717, 1.165) is 25.0 Å². The first kappa shape index (κ1) is 12.3. The van der Waals surface area contributed by atoms with Gasteiger partial charge in [-0.15, -0.1) is 11.3 Å². The van der Waals surface area contributed by atoms with Crippen LogP contribution in [0.15, 0.2) is 39.9 Å². The zero-order valence-electron chi connectivity index (χ0n) is 11.6. The molecule has 2 aromatic heterocycles. The predicted octanol–water partition coefficient (Wildman–Crippen LogP) is 2.90. The number of benzene rings is 2. The number of aryl methyl sites for hydroxylation is 1. The lowest BCUT2D eigenvalue weighted by Gasteiger charge is -2.03. The largest absolute Gasteiger partial charge is 0.353 e. The van der Waals surface area contributed by atoms with E-state index >= 15 is 0 Å². The summed E-state index contributed by atoms with van der Waals surface area (Å²) in [6, 6.07) is 9.80. The minimum absolute atomic E-state index is 0.228. The van der Waals surface area contributed by atoms with E-state index in [1.54, 1.807) is 17.4 Å². The summed E-state index contributed by atoms with van der Waals surface area (Å²) >= 11 is 1.62. The number of hydrogen-bond acceptors (Lipinski definition) is 3. The quantitative estimate of drug-likeness (QED) is 0.507. The van der Waals surface area contributed by atoms with Crippen molar-refractivity contribution in [3.8, 4) is 0 Å². The summed E-state index contributed by atoms with van der Waals surface area (Å²) in [5, 5.41) is 0.969. The van der Waals surface area contributed by atoms with Crippen LogP contribution >= 0.6 is 11.3 Å². The van der Waals surface area contributed by atoms with Gasteiger partial charge in [-0.1, -0.05) is 6.07 Å². The fourth-order valence-electron chi connectivity index (χ4n) is 2.65. The van der Waals surface area contributed by atoms with Gasteiger partial charge < -0.3 is 4.98 Å². The number of nitrogens with zero attached hydrogens (tertiary/aromatic N) is 1. The third-order valence-corrected chi connectivity index (χ3v) is 4.93. The van der Waals surface area contributed by atoms with Crippen LogP contribution in [0.2, 0.25) is 0 Å². The summed E-state index contributed by atoms with van der Waals surface area (Å²) in [6.07, 6.45) is 0. The van der Waals surface area contributed by atoms with Gasteiger partial charge in [0.15, 0.2) is 0 Å². The molecule has 0 unspecified atom stereocenters. The van der Waals surface area contributed by atoms with E-state index in [-0.39, 0.29) is 11.1 Å². The van der Waals surface area contributed by atoms with Gasteiger partial charge in [0.25, 0.3) is 11.1 Å². The lowest BCUT2D eigenvalue weighted by molar-refractivity contribution is 0.856. The smallest absolute Gasteiger partial charge is 0.261 e. The minimum Gasteiger partial charge on any atom is -0.353 e. The molecular weight excluding hydrogens is 284 g/mol. The standard InChI is InChI=1S/C16H12N2O2S/c1-8-3-4-11-13(5-8)21-14-7-10-9(6-12(14)17-11)15(19)18(2)16(10)20/h3-7,17H,1-2H3. The fourth-order valence-corrected chi connectivity index (χ4v) is 3.76. The number of rotatable bonds is 0. The van der Waals surface area contributed by atoms with E-state index in [1.807, 2.05) is 18.2 Å². The van der Waals surface area contributed by atoms with Crippen molar-refractivity contribution in [2.45, 2.75) is 6.92 Å². The van der Waals surface area contributed by atoms with Gasteiger partial charge in [0.1, 0.15) is 0 Å². The number of fused-ring (bicyclic) bond motifs is 3. The molecule has 0 amide bonds. The van der Waals surface area contributed by atoms with Crippen LogP contribution in [0.3, 0.4) is 0 Å². The molecule has 0 saturated carbocycles. The van der Waals surface area contributed by atoms with Crippen LogP contribution in [-0.2, 0) is 7.05 Å². The Labute approximate surface area is 123 Å². The fraction of sp³-hybridized carbons (Fsp3) is 0.125. The van der Waals surface area contributed by atoms with E-state index < -0.39 is 0 Å². The first-order chi connectivity index (χ1) is 10.0. The Kier molecular flexibility index (Phi) is 2.38. The molecule has 0 radical (unpaired) electrons. The second kappa shape index (κ2) is 4.05. The summed E-state index contributed by atoms with van der Waals surface area (Å²) in [7, 11) is 1.52.